The van der Waals surface area contributed by atoms with Crippen molar-refractivity contribution in [3.05, 3.63) is 77.3 Å². The summed E-state index contributed by atoms with van der Waals surface area (Å²) >= 11 is 0. The van der Waals surface area contributed by atoms with Crippen LogP contribution in [0.5, 0.6) is 0 Å². The number of allylic oxidation sites excluding steroid dienone is 2. The molecule has 1 amide bonds. The van der Waals surface area contributed by atoms with Gasteiger partial charge in [0, 0.05) is 24.7 Å². The van der Waals surface area contributed by atoms with Crippen LogP contribution in [0.4, 0.5) is 19.4 Å². The van der Waals surface area contributed by atoms with Crippen molar-refractivity contribution >= 4 is 17.5 Å². The first-order valence-electron chi connectivity index (χ1n) is 11.1. The van der Waals surface area contributed by atoms with E-state index in [1.807, 2.05) is 12.1 Å². The van der Waals surface area contributed by atoms with Crippen molar-refractivity contribution < 1.29 is 22.8 Å². The number of rotatable bonds is 9. The van der Waals surface area contributed by atoms with Gasteiger partial charge in [-0.1, -0.05) is 35.5 Å². The molecule has 1 aliphatic carbocycles. The van der Waals surface area contributed by atoms with Crippen molar-refractivity contribution in [2.45, 2.75) is 31.7 Å². The zero-order chi connectivity index (χ0) is 24.2. The van der Waals surface area contributed by atoms with Crippen LogP contribution in [0.15, 0.2) is 65.0 Å². The highest BCUT2D eigenvalue weighted by Gasteiger charge is 2.40. The molecule has 2 unspecified atom stereocenters. The first kappa shape index (κ1) is 22.7. The Balaban J connectivity index is 1.19. The van der Waals surface area contributed by atoms with E-state index >= 15 is 8.78 Å². The number of amides is 1. The molecule has 2 aromatic heterocycles. The van der Waals surface area contributed by atoms with Crippen LogP contribution in [-0.2, 0) is 17.8 Å². The summed E-state index contributed by atoms with van der Waals surface area (Å²) in [6.45, 7) is 1.55. The summed E-state index contributed by atoms with van der Waals surface area (Å²) in [6, 6.07) is 7.80. The SMILES string of the molecule is O=C1OC(CNc2ccon2)CN1C1CC=C(c2ccc(CNCc3cn[nH]n3)cc2)C(F)=C1F. The van der Waals surface area contributed by atoms with Crippen molar-refractivity contribution in [3.63, 3.8) is 0 Å². The van der Waals surface area contributed by atoms with E-state index in [1.54, 1.807) is 30.5 Å². The Morgan fingerprint density at radius 3 is 2.77 bits per heavy atom. The quantitative estimate of drug-likeness (QED) is 0.424. The van der Waals surface area contributed by atoms with E-state index in [1.165, 1.54) is 11.2 Å². The van der Waals surface area contributed by atoms with Gasteiger partial charge in [0.2, 0.25) is 0 Å². The number of ether oxygens (including phenoxy) is 1. The number of aromatic nitrogens is 4. The molecule has 0 saturated carbocycles. The van der Waals surface area contributed by atoms with E-state index in [9.17, 15) is 4.79 Å². The fourth-order valence-electron chi connectivity index (χ4n) is 4.08. The van der Waals surface area contributed by atoms with Gasteiger partial charge in [-0.05, 0) is 17.5 Å². The summed E-state index contributed by atoms with van der Waals surface area (Å²) in [4.78, 5) is 13.6. The highest BCUT2D eigenvalue weighted by Crippen LogP contribution is 2.37. The zero-order valence-electron chi connectivity index (χ0n) is 18.6. The molecule has 5 rings (SSSR count). The standard InChI is InChI=1S/C23H23F2N7O3/c24-21-18(15-3-1-14(2-4-15)9-26-10-16-11-28-31-29-16)5-6-19(22(21)25)32-13-17(35-23(32)33)12-27-20-7-8-34-30-20/h1-5,7-8,11,17,19,26H,6,9-10,12-13H2,(H,27,30)(H,28,29,31). The molecule has 1 saturated heterocycles. The van der Waals surface area contributed by atoms with E-state index in [0.29, 0.717) is 24.5 Å². The third kappa shape index (κ3) is 5.06. The maximum Gasteiger partial charge on any atom is 0.410 e. The van der Waals surface area contributed by atoms with E-state index in [0.717, 1.165) is 11.3 Å². The molecule has 2 atom stereocenters. The van der Waals surface area contributed by atoms with E-state index in [4.69, 9.17) is 9.26 Å². The number of nitrogens with zero attached hydrogens (tertiary/aromatic N) is 4. The number of nitrogens with one attached hydrogen (secondary N) is 3. The molecule has 12 heteroatoms. The summed E-state index contributed by atoms with van der Waals surface area (Å²) in [6.07, 6.45) is 3.62. The number of aromatic amines is 1. The Kier molecular flexibility index (Phi) is 6.53. The molecule has 2 aliphatic rings. The predicted molar refractivity (Wildman–Crippen MR) is 121 cm³/mol. The smallest absolute Gasteiger partial charge is 0.410 e. The van der Waals surface area contributed by atoms with Crippen molar-refractivity contribution in [2.24, 2.45) is 0 Å². The lowest BCUT2D eigenvalue weighted by Crippen LogP contribution is -2.38. The lowest BCUT2D eigenvalue weighted by atomic mass is 9.94. The molecule has 3 N–H and O–H groups in total. The lowest BCUT2D eigenvalue weighted by Gasteiger charge is -2.27. The van der Waals surface area contributed by atoms with Crippen LogP contribution in [0.1, 0.15) is 23.2 Å². The molecule has 1 fully saturated rings. The third-order valence-electron chi connectivity index (χ3n) is 5.88. The molecule has 0 bridgehead atoms. The molecule has 0 radical (unpaired) electrons. The molecular formula is C23H23F2N7O3. The Bertz CT molecular complexity index is 1210. The minimum atomic E-state index is -1.04. The minimum Gasteiger partial charge on any atom is -0.442 e. The fourth-order valence-corrected chi connectivity index (χ4v) is 4.08. The lowest BCUT2D eigenvalue weighted by molar-refractivity contribution is 0.131. The maximum absolute atomic E-state index is 15.1. The molecule has 10 nitrogen and oxygen atoms in total. The average molecular weight is 483 g/mol. The number of hydrogen-bond acceptors (Lipinski definition) is 8. The number of carbonyl (C=O) groups is 1. The van der Waals surface area contributed by atoms with Crippen LogP contribution in [0.3, 0.4) is 0 Å². The molecular weight excluding hydrogens is 460 g/mol. The molecule has 0 spiro atoms. The summed E-state index contributed by atoms with van der Waals surface area (Å²) in [5.41, 5.74) is 2.53. The number of carbonyl (C=O) groups excluding carboxylic acids is 1. The Morgan fingerprint density at radius 1 is 1.17 bits per heavy atom. The topological polar surface area (TPSA) is 121 Å². The van der Waals surface area contributed by atoms with Crippen LogP contribution in [-0.4, -0.2) is 56.8 Å². The van der Waals surface area contributed by atoms with Crippen molar-refractivity contribution in [3.8, 4) is 0 Å². The molecule has 3 heterocycles. The van der Waals surface area contributed by atoms with Crippen molar-refractivity contribution in [1.82, 2.24) is 30.8 Å². The van der Waals surface area contributed by atoms with Crippen LogP contribution in [0, 0.1) is 0 Å². The van der Waals surface area contributed by atoms with Gasteiger partial charge in [-0.25, -0.2) is 13.6 Å². The number of cyclic esters (lactones) is 1. The Morgan fingerprint density at radius 2 is 2.03 bits per heavy atom. The number of hydrogen-bond donors (Lipinski definition) is 3. The average Bonchev–Trinajstić information content (AvgIpc) is 3.63. The summed E-state index contributed by atoms with van der Waals surface area (Å²) < 4.78 is 40.2. The second-order valence-electron chi connectivity index (χ2n) is 8.22. The molecule has 182 valence electrons. The van der Waals surface area contributed by atoms with E-state index < -0.39 is 29.9 Å². The van der Waals surface area contributed by atoms with Crippen LogP contribution in [0.25, 0.3) is 5.57 Å². The van der Waals surface area contributed by atoms with E-state index in [-0.39, 0.29) is 25.1 Å². The number of anilines is 1. The summed E-state index contributed by atoms with van der Waals surface area (Å²) in [7, 11) is 0. The molecule has 35 heavy (non-hydrogen) atoms. The third-order valence-corrected chi connectivity index (χ3v) is 5.88. The molecule has 3 aromatic rings. The van der Waals surface area contributed by atoms with Gasteiger partial charge in [0.1, 0.15) is 12.4 Å². The van der Waals surface area contributed by atoms with E-state index in [2.05, 4.69) is 31.2 Å². The zero-order valence-corrected chi connectivity index (χ0v) is 18.6. The highest BCUT2D eigenvalue weighted by atomic mass is 19.2. The van der Waals surface area contributed by atoms with Crippen LogP contribution in [0.2, 0.25) is 0 Å². The Hall–Kier alpha value is -4.06. The van der Waals surface area contributed by atoms with Gasteiger partial charge in [0.05, 0.1) is 31.0 Å². The Labute approximate surface area is 199 Å². The minimum absolute atomic E-state index is 0.133. The molecule has 1 aromatic carbocycles. The van der Waals surface area contributed by atoms with Crippen LogP contribution < -0.4 is 10.6 Å². The van der Waals surface area contributed by atoms with Gasteiger partial charge in [0.15, 0.2) is 17.5 Å². The summed E-state index contributed by atoms with van der Waals surface area (Å²) in [5, 5.41) is 20.2. The number of benzene rings is 1. The second-order valence-corrected chi connectivity index (χ2v) is 8.22. The monoisotopic (exact) mass is 483 g/mol. The first-order chi connectivity index (χ1) is 17.1. The van der Waals surface area contributed by atoms with Gasteiger partial charge < -0.3 is 19.9 Å². The number of halogens is 2. The fraction of sp³-hybridized carbons (Fsp3) is 0.304. The predicted octanol–water partition coefficient (Wildman–Crippen LogP) is 3.32. The van der Waals surface area contributed by atoms with Gasteiger partial charge in [-0.3, -0.25) is 4.90 Å². The molecule has 1 aliphatic heterocycles. The first-order valence-corrected chi connectivity index (χ1v) is 11.1. The largest absolute Gasteiger partial charge is 0.442 e. The second kappa shape index (κ2) is 10.1. The van der Waals surface area contributed by atoms with Gasteiger partial charge in [0.25, 0.3) is 0 Å². The van der Waals surface area contributed by atoms with Gasteiger partial charge in [-0.2, -0.15) is 15.4 Å². The van der Waals surface area contributed by atoms with Gasteiger partial charge >= 0.3 is 6.09 Å². The maximum atomic E-state index is 15.1. The van der Waals surface area contributed by atoms with Crippen molar-refractivity contribution in [1.29, 1.82) is 0 Å². The van der Waals surface area contributed by atoms with Crippen LogP contribution >= 0.6 is 0 Å². The number of H-pyrrole nitrogens is 1. The normalized spacial score (nSPS) is 20.2. The van der Waals surface area contributed by atoms with Gasteiger partial charge in [-0.15, -0.1) is 0 Å². The summed E-state index contributed by atoms with van der Waals surface area (Å²) in [5.74, 6) is -1.43. The van der Waals surface area contributed by atoms with Crippen molar-refractivity contribution in [2.75, 3.05) is 18.4 Å². The highest BCUT2D eigenvalue weighted by molar-refractivity contribution is 5.80.